The maximum absolute atomic E-state index is 2.43. The predicted molar refractivity (Wildman–Crippen MR) is 57.4 cm³/mol. The van der Waals surface area contributed by atoms with Gasteiger partial charge in [0, 0.05) is 0 Å². The second kappa shape index (κ2) is 5.40. The minimum atomic E-state index is 0.360. The zero-order valence-corrected chi connectivity index (χ0v) is 9.41. The van der Waals surface area contributed by atoms with Gasteiger partial charge in [-0.2, -0.15) is 0 Å². The molecule has 0 aliphatic rings. The normalized spacial score (nSPS) is 13.6. The summed E-state index contributed by atoms with van der Waals surface area (Å²) in [5, 5.41) is 0. The molecular formula is C12H24. The summed E-state index contributed by atoms with van der Waals surface area (Å²) in [6.07, 6.45) is 7.60. The lowest BCUT2D eigenvalue weighted by molar-refractivity contribution is 0.533. The van der Waals surface area contributed by atoms with E-state index in [9.17, 15) is 0 Å². The van der Waals surface area contributed by atoms with Gasteiger partial charge < -0.3 is 0 Å². The molecule has 0 atom stereocenters. The van der Waals surface area contributed by atoms with Gasteiger partial charge in [0.15, 0.2) is 0 Å². The van der Waals surface area contributed by atoms with Crippen molar-refractivity contribution in [2.45, 2.75) is 60.3 Å². The van der Waals surface area contributed by atoms with Crippen molar-refractivity contribution in [3.63, 3.8) is 0 Å². The summed E-state index contributed by atoms with van der Waals surface area (Å²) in [6, 6.07) is 0. The molecule has 0 spiro atoms. The number of unbranched alkanes of at least 4 members (excludes halogenated alkanes) is 1. The number of hydrogen-bond acceptors (Lipinski definition) is 0. The highest BCUT2D eigenvalue weighted by Crippen LogP contribution is 2.21. The van der Waals surface area contributed by atoms with E-state index in [0.29, 0.717) is 5.41 Å². The SMILES string of the molecule is CCCC/C(=C/C(C)(C)C)CC. The molecule has 0 amide bonds. The fraction of sp³-hybridized carbons (Fsp3) is 0.833. The first-order valence-corrected chi connectivity index (χ1v) is 5.20. The van der Waals surface area contributed by atoms with Crippen LogP contribution in [0.5, 0.6) is 0 Å². The fourth-order valence-corrected chi connectivity index (χ4v) is 1.37. The first-order valence-electron chi connectivity index (χ1n) is 5.20. The second-order valence-electron chi connectivity index (χ2n) is 4.63. The molecule has 0 N–H and O–H groups in total. The lowest BCUT2D eigenvalue weighted by Crippen LogP contribution is -2.01. The Bertz CT molecular complexity index is 135. The Balaban J connectivity index is 4.04. The highest BCUT2D eigenvalue weighted by atomic mass is 14.1. The van der Waals surface area contributed by atoms with Gasteiger partial charge in [0.1, 0.15) is 0 Å². The number of hydrogen-bond donors (Lipinski definition) is 0. The van der Waals surface area contributed by atoms with Crippen LogP contribution in [0, 0.1) is 5.41 Å². The summed E-state index contributed by atoms with van der Waals surface area (Å²) in [5.41, 5.74) is 1.99. The van der Waals surface area contributed by atoms with Gasteiger partial charge in [-0.3, -0.25) is 0 Å². The smallest absolute Gasteiger partial charge is 0.0200 e. The quantitative estimate of drug-likeness (QED) is 0.540. The summed E-state index contributed by atoms with van der Waals surface area (Å²) in [6.45, 7) is 11.3. The lowest BCUT2D eigenvalue weighted by atomic mass is 9.91. The molecule has 0 aromatic rings. The van der Waals surface area contributed by atoms with Crippen LogP contribution in [0.2, 0.25) is 0 Å². The maximum Gasteiger partial charge on any atom is -0.0200 e. The summed E-state index contributed by atoms with van der Waals surface area (Å²) in [5.74, 6) is 0. The Morgan fingerprint density at radius 3 is 2.08 bits per heavy atom. The van der Waals surface area contributed by atoms with Gasteiger partial charge in [-0.25, -0.2) is 0 Å². The Kier molecular flexibility index (Phi) is 5.28. The van der Waals surface area contributed by atoms with Crippen molar-refractivity contribution in [2.24, 2.45) is 5.41 Å². The summed E-state index contributed by atoms with van der Waals surface area (Å²) >= 11 is 0. The average molecular weight is 168 g/mol. The molecule has 0 aromatic heterocycles. The summed E-state index contributed by atoms with van der Waals surface area (Å²) in [7, 11) is 0. The molecule has 0 radical (unpaired) electrons. The van der Waals surface area contributed by atoms with Crippen molar-refractivity contribution < 1.29 is 0 Å². The van der Waals surface area contributed by atoms with Crippen LogP contribution in [0.15, 0.2) is 11.6 Å². The Morgan fingerprint density at radius 2 is 1.75 bits per heavy atom. The fourth-order valence-electron chi connectivity index (χ4n) is 1.37. The molecule has 0 aliphatic carbocycles. The minimum absolute atomic E-state index is 0.360. The molecule has 0 nitrogen and oxygen atoms in total. The number of allylic oxidation sites excluding steroid dienone is 2. The van der Waals surface area contributed by atoms with Gasteiger partial charge in [0.05, 0.1) is 0 Å². The third kappa shape index (κ3) is 6.45. The van der Waals surface area contributed by atoms with Crippen LogP contribution in [-0.2, 0) is 0 Å². The van der Waals surface area contributed by atoms with Gasteiger partial charge in [-0.05, 0) is 24.7 Å². The standard InChI is InChI=1S/C12H24/c1-6-8-9-11(7-2)10-12(3,4)5/h10H,6-9H2,1-5H3/b11-10+. The van der Waals surface area contributed by atoms with E-state index in [0.717, 1.165) is 0 Å². The van der Waals surface area contributed by atoms with Crippen LogP contribution >= 0.6 is 0 Å². The molecule has 0 saturated carbocycles. The molecule has 0 aliphatic heterocycles. The van der Waals surface area contributed by atoms with Gasteiger partial charge in [-0.1, -0.05) is 52.7 Å². The third-order valence-corrected chi connectivity index (χ3v) is 1.94. The van der Waals surface area contributed by atoms with E-state index < -0.39 is 0 Å². The average Bonchev–Trinajstić information content (AvgIpc) is 1.95. The molecule has 72 valence electrons. The molecule has 12 heavy (non-hydrogen) atoms. The van der Waals surface area contributed by atoms with Gasteiger partial charge >= 0.3 is 0 Å². The molecule has 0 unspecified atom stereocenters. The summed E-state index contributed by atoms with van der Waals surface area (Å²) < 4.78 is 0. The van der Waals surface area contributed by atoms with Crippen molar-refractivity contribution in [1.82, 2.24) is 0 Å². The van der Waals surface area contributed by atoms with E-state index in [1.807, 2.05) is 0 Å². The largest absolute Gasteiger partial charge is 0.0799 e. The minimum Gasteiger partial charge on any atom is -0.0799 e. The Labute approximate surface area is 78.1 Å². The van der Waals surface area contributed by atoms with E-state index in [-0.39, 0.29) is 0 Å². The number of rotatable bonds is 4. The van der Waals surface area contributed by atoms with Crippen LogP contribution < -0.4 is 0 Å². The second-order valence-corrected chi connectivity index (χ2v) is 4.63. The third-order valence-electron chi connectivity index (χ3n) is 1.94. The molecule has 0 rings (SSSR count). The van der Waals surface area contributed by atoms with E-state index in [1.165, 1.54) is 25.7 Å². The lowest BCUT2D eigenvalue weighted by Gasteiger charge is -2.15. The van der Waals surface area contributed by atoms with E-state index in [2.05, 4.69) is 40.7 Å². The van der Waals surface area contributed by atoms with Crippen molar-refractivity contribution >= 4 is 0 Å². The van der Waals surface area contributed by atoms with E-state index in [1.54, 1.807) is 5.57 Å². The zero-order chi connectivity index (χ0) is 9.61. The van der Waals surface area contributed by atoms with Crippen LogP contribution in [0.25, 0.3) is 0 Å². The van der Waals surface area contributed by atoms with Crippen molar-refractivity contribution in [1.29, 1.82) is 0 Å². The molecule has 0 heterocycles. The topological polar surface area (TPSA) is 0 Å². The molecule has 0 saturated heterocycles. The molecular weight excluding hydrogens is 144 g/mol. The van der Waals surface area contributed by atoms with Crippen LogP contribution in [0.4, 0.5) is 0 Å². The Morgan fingerprint density at radius 1 is 1.17 bits per heavy atom. The van der Waals surface area contributed by atoms with Gasteiger partial charge in [-0.15, -0.1) is 0 Å². The predicted octanol–water partition coefficient (Wildman–Crippen LogP) is 4.56. The highest BCUT2D eigenvalue weighted by molar-refractivity contribution is 5.06. The van der Waals surface area contributed by atoms with Crippen LogP contribution in [0.3, 0.4) is 0 Å². The zero-order valence-electron chi connectivity index (χ0n) is 9.41. The van der Waals surface area contributed by atoms with E-state index >= 15 is 0 Å². The maximum atomic E-state index is 2.43. The monoisotopic (exact) mass is 168 g/mol. The summed E-state index contributed by atoms with van der Waals surface area (Å²) in [4.78, 5) is 0. The molecule has 0 aromatic carbocycles. The van der Waals surface area contributed by atoms with Gasteiger partial charge in [0.2, 0.25) is 0 Å². The Hall–Kier alpha value is -0.260. The molecule has 0 bridgehead atoms. The molecule has 0 heteroatoms. The molecule has 0 fully saturated rings. The van der Waals surface area contributed by atoms with Crippen molar-refractivity contribution in [2.75, 3.05) is 0 Å². The van der Waals surface area contributed by atoms with E-state index in [4.69, 9.17) is 0 Å². The first-order chi connectivity index (χ1) is 5.49. The van der Waals surface area contributed by atoms with Gasteiger partial charge in [0.25, 0.3) is 0 Å². The highest BCUT2D eigenvalue weighted by Gasteiger charge is 2.06. The van der Waals surface area contributed by atoms with Crippen molar-refractivity contribution in [3.05, 3.63) is 11.6 Å². The van der Waals surface area contributed by atoms with Crippen LogP contribution in [0.1, 0.15) is 60.3 Å². The first kappa shape index (κ1) is 11.7. The van der Waals surface area contributed by atoms with Crippen LogP contribution in [-0.4, -0.2) is 0 Å². The van der Waals surface area contributed by atoms with Crippen molar-refractivity contribution in [3.8, 4) is 0 Å².